The summed E-state index contributed by atoms with van der Waals surface area (Å²) >= 11 is 0. The van der Waals surface area contributed by atoms with E-state index in [1.54, 1.807) is 0 Å². The number of aliphatic hydroxyl groups is 1. The lowest BCUT2D eigenvalue weighted by Crippen LogP contribution is -2.19. The van der Waals surface area contributed by atoms with Crippen molar-refractivity contribution in [1.29, 1.82) is 0 Å². The molecule has 1 N–H and O–H groups in total. The minimum atomic E-state index is -0.414. The second-order valence-corrected chi connectivity index (χ2v) is 12.3. The number of rotatable bonds is 14. The van der Waals surface area contributed by atoms with Gasteiger partial charge in [0.25, 0.3) is 0 Å². The van der Waals surface area contributed by atoms with Crippen molar-refractivity contribution in [2.75, 3.05) is 0 Å². The number of allylic oxidation sites excluding steroid dienone is 22. The van der Waals surface area contributed by atoms with Crippen LogP contribution in [0.5, 0.6) is 0 Å². The molecule has 1 aliphatic carbocycles. The molecular formula is C40H56O. The van der Waals surface area contributed by atoms with Gasteiger partial charge in [-0.05, 0) is 91.6 Å². The predicted octanol–water partition coefficient (Wildman–Crippen LogP) is 11.7. The fourth-order valence-corrected chi connectivity index (χ4v) is 4.62. The van der Waals surface area contributed by atoms with Crippen molar-refractivity contribution < 1.29 is 5.11 Å². The van der Waals surface area contributed by atoms with Crippen LogP contribution >= 0.6 is 0 Å². The molecule has 222 valence electrons. The molecule has 0 radical (unpaired) electrons. The van der Waals surface area contributed by atoms with E-state index in [2.05, 4.69) is 153 Å². The smallest absolute Gasteiger partial charge is 0.0747 e. The van der Waals surface area contributed by atoms with Crippen molar-refractivity contribution in [2.45, 2.75) is 101 Å². The molecule has 0 saturated heterocycles. The Morgan fingerprint density at radius 2 is 1.22 bits per heavy atom. The fourth-order valence-electron chi connectivity index (χ4n) is 4.62. The van der Waals surface area contributed by atoms with E-state index in [4.69, 9.17) is 0 Å². The van der Waals surface area contributed by atoms with Crippen LogP contribution in [0, 0.1) is 5.41 Å². The third-order valence-electron chi connectivity index (χ3n) is 7.44. The van der Waals surface area contributed by atoms with Gasteiger partial charge in [-0.2, -0.15) is 0 Å². The van der Waals surface area contributed by atoms with Gasteiger partial charge < -0.3 is 5.11 Å². The minimum absolute atomic E-state index is 0.282. The number of hydrogen-bond acceptors (Lipinski definition) is 1. The molecule has 0 fully saturated rings. The SMILES string of the molecule is C=C(C)C(O)CC\C(C)=C/C=C/C(C)=C/C=C/C(C)=C\C=C\C=C(C)\C=C\C=C(C)/C=C/C1=C(C)CCCC1(C)C. The van der Waals surface area contributed by atoms with E-state index in [9.17, 15) is 5.11 Å². The Kier molecular flexibility index (Phi) is 16.7. The van der Waals surface area contributed by atoms with Crippen LogP contribution < -0.4 is 0 Å². The Morgan fingerprint density at radius 3 is 1.71 bits per heavy atom. The Balaban J connectivity index is 2.58. The summed E-state index contributed by atoms with van der Waals surface area (Å²) in [6.45, 7) is 23.3. The molecule has 0 aliphatic heterocycles. The van der Waals surface area contributed by atoms with Gasteiger partial charge in [0.05, 0.1) is 6.10 Å². The van der Waals surface area contributed by atoms with Crippen molar-refractivity contribution in [1.82, 2.24) is 0 Å². The highest BCUT2D eigenvalue weighted by Crippen LogP contribution is 2.40. The van der Waals surface area contributed by atoms with Crippen molar-refractivity contribution in [2.24, 2.45) is 5.41 Å². The Labute approximate surface area is 252 Å². The third kappa shape index (κ3) is 16.0. The molecule has 1 heteroatoms. The molecule has 0 aromatic heterocycles. The zero-order chi connectivity index (χ0) is 30.8. The van der Waals surface area contributed by atoms with Gasteiger partial charge in [0.2, 0.25) is 0 Å². The van der Waals surface area contributed by atoms with Crippen LogP contribution in [-0.4, -0.2) is 11.2 Å². The highest BCUT2D eigenvalue weighted by atomic mass is 16.3. The van der Waals surface area contributed by atoms with Gasteiger partial charge >= 0.3 is 0 Å². The second-order valence-electron chi connectivity index (χ2n) is 12.3. The number of hydrogen-bond donors (Lipinski definition) is 1. The topological polar surface area (TPSA) is 20.2 Å². The average molecular weight is 553 g/mol. The maximum Gasteiger partial charge on any atom is 0.0747 e. The summed E-state index contributed by atoms with van der Waals surface area (Å²) in [5.74, 6) is 0. The van der Waals surface area contributed by atoms with Crippen LogP contribution in [-0.2, 0) is 0 Å². The van der Waals surface area contributed by atoms with Gasteiger partial charge in [-0.25, -0.2) is 0 Å². The van der Waals surface area contributed by atoms with Gasteiger partial charge in [-0.15, -0.1) is 0 Å². The van der Waals surface area contributed by atoms with Crippen molar-refractivity contribution in [3.05, 3.63) is 142 Å². The highest BCUT2D eigenvalue weighted by molar-refractivity contribution is 5.37. The van der Waals surface area contributed by atoms with Gasteiger partial charge in [-0.3, -0.25) is 0 Å². The maximum absolute atomic E-state index is 9.86. The first kappa shape index (κ1) is 35.9. The van der Waals surface area contributed by atoms with Crippen LogP contribution in [0.2, 0.25) is 0 Å². The van der Waals surface area contributed by atoms with E-state index >= 15 is 0 Å². The quantitative estimate of drug-likeness (QED) is 0.168. The first-order chi connectivity index (χ1) is 19.3. The van der Waals surface area contributed by atoms with Crippen LogP contribution in [0.1, 0.15) is 94.4 Å². The van der Waals surface area contributed by atoms with Crippen LogP contribution in [0.15, 0.2) is 142 Å². The predicted molar refractivity (Wildman–Crippen MR) is 185 cm³/mol. The third-order valence-corrected chi connectivity index (χ3v) is 7.44. The molecule has 0 spiro atoms. The van der Waals surface area contributed by atoms with Crippen molar-refractivity contribution in [3.8, 4) is 0 Å². The average Bonchev–Trinajstić information content (AvgIpc) is 2.89. The fraction of sp³-hybridized carbons (Fsp3) is 0.400. The van der Waals surface area contributed by atoms with Gasteiger partial charge in [0, 0.05) is 0 Å². The van der Waals surface area contributed by atoms with E-state index in [-0.39, 0.29) is 5.41 Å². The molecule has 0 heterocycles. The summed E-state index contributed by atoms with van der Waals surface area (Å²) in [6.07, 6.45) is 37.0. The lowest BCUT2D eigenvalue weighted by molar-refractivity contribution is 0.201. The summed E-state index contributed by atoms with van der Waals surface area (Å²) in [5.41, 5.74) is 10.3. The summed E-state index contributed by atoms with van der Waals surface area (Å²) in [5, 5.41) is 9.86. The molecule has 0 aromatic carbocycles. The van der Waals surface area contributed by atoms with Crippen LogP contribution in [0.25, 0.3) is 0 Å². The molecule has 0 saturated carbocycles. The first-order valence-corrected chi connectivity index (χ1v) is 15.1. The van der Waals surface area contributed by atoms with E-state index in [1.165, 1.54) is 58.3 Å². The molecule has 41 heavy (non-hydrogen) atoms. The molecular weight excluding hydrogens is 496 g/mol. The van der Waals surface area contributed by atoms with E-state index in [0.29, 0.717) is 0 Å². The van der Waals surface area contributed by atoms with E-state index in [1.807, 2.05) is 6.92 Å². The monoisotopic (exact) mass is 552 g/mol. The Bertz CT molecular complexity index is 1210. The molecule has 0 aromatic rings. The normalized spacial score (nSPS) is 19.2. The summed E-state index contributed by atoms with van der Waals surface area (Å²) in [7, 11) is 0. The Hall–Kier alpha value is -3.16. The summed E-state index contributed by atoms with van der Waals surface area (Å²) < 4.78 is 0. The van der Waals surface area contributed by atoms with Crippen LogP contribution in [0.4, 0.5) is 0 Å². The molecule has 0 bridgehead atoms. The standard InChI is InChI=1S/C40H56O/c1-31(2)39(41)29-27-36(7)24-15-22-34(5)21-13-19-32(3)17-11-12-18-33(4)20-14-23-35(6)26-28-38-37(8)25-16-30-40(38,9)10/h11-15,17-24,26,28,39,41H,1,16,25,27,29-30H2,2-10H3/b12-11+,19-13+,20-14+,22-15+,28-26+,32-17-,33-18+,34-21+,35-23-,36-24-. The van der Waals surface area contributed by atoms with Gasteiger partial charge in [0.1, 0.15) is 0 Å². The maximum atomic E-state index is 9.86. The van der Waals surface area contributed by atoms with E-state index in [0.717, 1.165) is 18.4 Å². The zero-order valence-corrected chi connectivity index (χ0v) is 27.4. The first-order valence-electron chi connectivity index (χ1n) is 15.1. The minimum Gasteiger partial charge on any atom is -0.389 e. The molecule has 1 aliphatic rings. The highest BCUT2D eigenvalue weighted by Gasteiger charge is 2.26. The van der Waals surface area contributed by atoms with Crippen molar-refractivity contribution in [3.63, 3.8) is 0 Å². The van der Waals surface area contributed by atoms with Gasteiger partial charge in [0.15, 0.2) is 0 Å². The summed E-state index contributed by atoms with van der Waals surface area (Å²) in [6, 6.07) is 0. The molecule has 0 amide bonds. The molecule has 1 rings (SSSR count). The summed E-state index contributed by atoms with van der Waals surface area (Å²) in [4.78, 5) is 0. The second kappa shape index (κ2) is 19.1. The van der Waals surface area contributed by atoms with Gasteiger partial charge in [-0.1, -0.05) is 151 Å². The largest absolute Gasteiger partial charge is 0.389 e. The molecule has 1 atom stereocenters. The zero-order valence-electron chi connectivity index (χ0n) is 27.4. The number of aliphatic hydroxyl groups excluding tert-OH is 1. The van der Waals surface area contributed by atoms with Crippen molar-refractivity contribution >= 4 is 0 Å². The van der Waals surface area contributed by atoms with E-state index < -0.39 is 6.10 Å². The van der Waals surface area contributed by atoms with Crippen LogP contribution in [0.3, 0.4) is 0 Å². The Morgan fingerprint density at radius 1 is 0.756 bits per heavy atom. The molecule has 1 nitrogen and oxygen atoms in total. The lowest BCUT2D eigenvalue weighted by atomic mass is 9.72. The molecule has 1 unspecified atom stereocenters. The lowest BCUT2D eigenvalue weighted by Gasteiger charge is -2.32.